The van der Waals surface area contributed by atoms with Gasteiger partial charge in [-0.1, -0.05) is 12.1 Å². The van der Waals surface area contributed by atoms with Gasteiger partial charge in [0.25, 0.3) is 0 Å². The molecular formula is C16H26N2O3. The minimum absolute atomic E-state index is 0.155. The highest BCUT2D eigenvalue weighted by molar-refractivity contribution is 5.69. The van der Waals surface area contributed by atoms with Crippen molar-refractivity contribution < 1.29 is 14.3 Å². The molecule has 118 valence electrons. The van der Waals surface area contributed by atoms with Crippen molar-refractivity contribution in [3.05, 3.63) is 29.3 Å². The Morgan fingerprint density at radius 1 is 1.29 bits per heavy atom. The Bertz CT molecular complexity index is 449. The lowest BCUT2D eigenvalue weighted by molar-refractivity contribution is -0.143. The first-order chi connectivity index (χ1) is 10.1. The number of hydrogen-bond acceptors (Lipinski definition) is 5. The third-order valence-corrected chi connectivity index (χ3v) is 3.11. The van der Waals surface area contributed by atoms with Crippen LogP contribution in [-0.2, 0) is 22.6 Å². The molecule has 1 aromatic carbocycles. The van der Waals surface area contributed by atoms with Crippen molar-refractivity contribution in [1.29, 1.82) is 0 Å². The Morgan fingerprint density at radius 3 is 2.67 bits per heavy atom. The maximum absolute atomic E-state index is 11.3. The number of nitrogens with zero attached hydrogens (tertiary/aromatic N) is 1. The molecule has 1 aromatic rings. The van der Waals surface area contributed by atoms with Crippen LogP contribution in [0.4, 0.5) is 0 Å². The van der Waals surface area contributed by atoms with Crippen LogP contribution in [0.25, 0.3) is 0 Å². The maximum Gasteiger partial charge on any atom is 0.307 e. The van der Waals surface area contributed by atoms with Gasteiger partial charge in [0.15, 0.2) is 0 Å². The molecule has 0 saturated carbocycles. The monoisotopic (exact) mass is 294 g/mol. The second kappa shape index (κ2) is 9.37. The summed E-state index contributed by atoms with van der Waals surface area (Å²) in [5, 5.41) is 0. The van der Waals surface area contributed by atoms with Crippen LogP contribution in [0.2, 0.25) is 0 Å². The fourth-order valence-electron chi connectivity index (χ4n) is 2.06. The van der Waals surface area contributed by atoms with E-state index >= 15 is 0 Å². The molecule has 21 heavy (non-hydrogen) atoms. The van der Waals surface area contributed by atoms with Crippen LogP contribution >= 0.6 is 0 Å². The first kappa shape index (κ1) is 17.5. The largest absolute Gasteiger partial charge is 0.494 e. The zero-order chi connectivity index (χ0) is 15.7. The number of rotatable bonds is 9. The van der Waals surface area contributed by atoms with E-state index in [1.165, 1.54) is 0 Å². The van der Waals surface area contributed by atoms with Gasteiger partial charge in [0.1, 0.15) is 5.75 Å². The molecule has 0 atom stereocenters. The molecule has 0 bridgehead atoms. The first-order valence-corrected chi connectivity index (χ1v) is 7.39. The standard InChI is InChI=1S/C16H26N2O3/c1-4-20-15-10-13(6-7-14(15)11-17)12-18(3)9-8-16(19)21-5-2/h6-7,10H,4-5,8-9,11-12,17H2,1-3H3. The lowest BCUT2D eigenvalue weighted by atomic mass is 10.1. The fourth-order valence-corrected chi connectivity index (χ4v) is 2.06. The summed E-state index contributed by atoms with van der Waals surface area (Å²) in [6.45, 7) is 6.71. The van der Waals surface area contributed by atoms with E-state index in [9.17, 15) is 4.79 Å². The number of nitrogens with two attached hydrogens (primary N) is 1. The van der Waals surface area contributed by atoms with Crippen LogP contribution in [0.15, 0.2) is 18.2 Å². The van der Waals surface area contributed by atoms with E-state index in [-0.39, 0.29) is 5.97 Å². The number of carbonyl (C=O) groups is 1. The highest BCUT2D eigenvalue weighted by Gasteiger charge is 2.08. The lowest BCUT2D eigenvalue weighted by Gasteiger charge is -2.17. The van der Waals surface area contributed by atoms with E-state index in [0.29, 0.717) is 32.7 Å². The van der Waals surface area contributed by atoms with Gasteiger partial charge in [-0.05, 0) is 32.5 Å². The first-order valence-electron chi connectivity index (χ1n) is 7.39. The fraction of sp³-hybridized carbons (Fsp3) is 0.562. The molecule has 0 spiro atoms. The van der Waals surface area contributed by atoms with Gasteiger partial charge in [-0.3, -0.25) is 4.79 Å². The quantitative estimate of drug-likeness (QED) is 0.705. The molecule has 5 heteroatoms. The molecule has 0 aliphatic rings. The molecule has 2 N–H and O–H groups in total. The summed E-state index contributed by atoms with van der Waals surface area (Å²) in [6.07, 6.45) is 0.406. The molecule has 0 aromatic heterocycles. The predicted molar refractivity (Wildman–Crippen MR) is 83.1 cm³/mol. The molecular weight excluding hydrogens is 268 g/mol. The zero-order valence-corrected chi connectivity index (χ0v) is 13.2. The second-order valence-corrected chi connectivity index (χ2v) is 4.87. The summed E-state index contributed by atoms with van der Waals surface area (Å²) in [5.74, 6) is 0.689. The minimum atomic E-state index is -0.155. The van der Waals surface area contributed by atoms with Gasteiger partial charge in [-0.15, -0.1) is 0 Å². The van der Waals surface area contributed by atoms with E-state index in [0.717, 1.165) is 23.4 Å². The van der Waals surface area contributed by atoms with Crippen molar-refractivity contribution in [2.75, 3.05) is 26.8 Å². The van der Waals surface area contributed by atoms with Crippen molar-refractivity contribution >= 4 is 5.97 Å². The number of benzene rings is 1. The minimum Gasteiger partial charge on any atom is -0.494 e. The van der Waals surface area contributed by atoms with E-state index in [1.54, 1.807) is 0 Å². The van der Waals surface area contributed by atoms with Crippen molar-refractivity contribution in [1.82, 2.24) is 4.90 Å². The van der Waals surface area contributed by atoms with Crippen LogP contribution in [0.1, 0.15) is 31.4 Å². The molecule has 0 heterocycles. The Balaban J connectivity index is 2.57. The van der Waals surface area contributed by atoms with Gasteiger partial charge >= 0.3 is 5.97 Å². The molecule has 0 radical (unpaired) electrons. The van der Waals surface area contributed by atoms with E-state index in [4.69, 9.17) is 15.2 Å². The Hall–Kier alpha value is -1.59. The van der Waals surface area contributed by atoms with Crippen LogP contribution < -0.4 is 10.5 Å². The third kappa shape index (κ3) is 6.14. The van der Waals surface area contributed by atoms with Crippen LogP contribution in [-0.4, -0.2) is 37.7 Å². The highest BCUT2D eigenvalue weighted by Crippen LogP contribution is 2.21. The highest BCUT2D eigenvalue weighted by atomic mass is 16.5. The second-order valence-electron chi connectivity index (χ2n) is 4.87. The Labute approximate surface area is 127 Å². The van der Waals surface area contributed by atoms with Gasteiger partial charge in [0, 0.05) is 25.2 Å². The summed E-state index contributed by atoms with van der Waals surface area (Å²) in [5.41, 5.74) is 7.85. The van der Waals surface area contributed by atoms with Gasteiger partial charge in [-0.2, -0.15) is 0 Å². The smallest absolute Gasteiger partial charge is 0.307 e. The van der Waals surface area contributed by atoms with Gasteiger partial charge < -0.3 is 20.1 Å². The Morgan fingerprint density at radius 2 is 2.05 bits per heavy atom. The van der Waals surface area contributed by atoms with Crippen molar-refractivity contribution in [3.63, 3.8) is 0 Å². The molecule has 5 nitrogen and oxygen atoms in total. The van der Waals surface area contributed by atoms with Crippen molar-refractivity contribution in [2.24, 2.45) is 5.73 Å². The maximum atomic E-state index is 11.3. The molecule has 0 fully saturated rings. The molecule has 0 amide bonds. The average molecular weight is 294 g/mol. The molecule has 1 rings (SSSR count). The Kier molecular flexibility index (Phi) is 7.79. The van der Waals surface area contributed by atoms with Crippen molar-refractivity contribution in [3.8, 4) is 5.75 Å². The summed E-state index contributed by atoms with van der Waals surface area (Å²) in [6, 6.07) is 6.07. The average Bonchev–Trinajstić information content (AvgIpc) is 2.46. The topological polar surface area (TPSA) is 64.8 Å². The zero-order valence-electron chi connectivity index (χ0n) is 13.2. The van der Waals surface area contributed by atoms with Crippen molar-refractivity contribution in [2.45, 2.75) is 33.4 Å². The summed E-state index contributed by atoms with van der Waals surface area (Å²) >= 11 is 0. The SMILES string of the molecule is CCOC(=O)CCN(C)Cc1ccc(CN)c(OCC)c1. The lowest BCUT2D eigenvalue weighted by Crippen LogP contribution is -2.22. The summed E-state index contributed by atoms with van der Waals surface area (Å²) < 4.78 is 10.5. The van der Waals surface area contributed by atoms with Gasteiger partial charge in [0.05, 0.1) is 19.6 Å². The van der Waals surface area contributed by atoms with E-state index in [1.807, 2.05) is 39.1 Å². The normalized spacial score (nSPS) is 10.7. The van der Waals surface area contributed by atoms with Gasteiger partial charge in [-0.25, -0.2) is 0 Å². The summed E-state index contributed by atoms with van der Waals surface area (Å²) in [7, 11) is 1.98. The van der Waals surface area contributed by atoms with E-state index < -0.39 is 0 Å². The number of carbonyl (C=O) groups excluding carboxylic acids is 1. The van der Waals surface area contributed by atoms with Crippen LogP contribution in [0.3, 0.4) is 0 Å². The van der Waals surface area contributed by atoms with E-state index in [2.05, 4.69) is 4.90 Å². The predicted octanol–water partition coefficient (Wildman–Crippen LogP) is 1.93. The molecule has 0 saturated heterocycles. The number of ether oxygens (including phenoxy) is 2. The molecule has 0 aliphatic heterocycles. The molecule has 0 aliphatic carbocycles. The number of esters is 1. The van der Waals surface area contributed by atoms with Gasteiger partial charge in [0.2, 0.25) is 0 Å². The third-order valence-electron chi connectivity index (χ3n) is 3.11. The van der Waals surface area contributed by atoms with Crippen LogP contribution in [0.5, 0.6) is 5.75 Å². The number of hydrogen-bond donors (Lipinski definition) is 1. The van der Waals surface area contributed by atoms with Crippen LogP contribution in [0, 0.1) is 0 Å². The summed E-state index contributed by atoms with van der Waals surface area (Å²) in [4.78, 5) is 13.4. The molecule has 0 unspecified atom stereocenters.